The average Bonchev–Trinajstić information content (AvgIpc) is 2.40. The Morgan fingerprint density at radius 2 is 1.53 bits per heavy atom. The molecule has 0 N–H and O–H groups in total. The van der Waals surface area contributed by atoms with Gasteiger partial charge in [0, 0.05) is 24.9 Å². The average molecular weight is 292 g/mol. The zero-order valence-corrected chi connectivity index (χ0v) is 13.2. The summed E-state index contributed by atoms with van der Waals surface area (Å²) in [5.41, 5.74) is 0. The predicted molar refractivity (Wildman–Crippen MR) is 76.4 cm³/mol. The Kier molecular flexibility index (Phi) is 9.20. The van der Waals surface area contributed by atoms with Crippen molar-refractivity contribution in [3.8, 4) is 0 Å². The van der Waals surface area contributed by atoms with Crippen LogP contribution < -0.4 is 0 Å². The lowest BCUT2D eigenvalue weighted by Crippen LogP contribution is -2.41. The third-order valence-electron chi connectivity index (χ3n) is 2.45. The molecule has 112 valence electrons. The van der Waals surface area contributed by atoms with Crippen LogP contribution in [0.3, 0.4) is 0 Å². The normalized spacial score (nSPS) is 10.2. The Hall–Kier alpha value is -1.11. The first kappa shape index (κ1) is 17.9. The maximum atomic E-state index is 11.6. The number of likely N-dealkylation sites (N-methyl/N-ethyl adjacent to an activating group) is 1. The molecule has 2 amide bonds. The summed E-state index contributed by atoms with van der Waals surface area (Å²) >= 11 is 1.65. The summed E-state index contributed by atoms with van der Waals surface area (Å²) in [6.45, 7) is 7.38. The SMILES string of the molecule is CCN(CCN(CSC(C)C)C(=O)OC)C(=O)OC. The lowest BCUT2D eigenvalue weighted by atomic mass is 10.5. The second-order valence-corrected chi connectivity index (χ2v) is 5.66. The van der Waals surface area contributed by atoms with E-state index < -0.39 is 0 Å². The van der Waals surface area contributed by atoms with Gasteiger partial charge >= 0.3 is 12.2 Å². The topological polar surface area (TPSA) is 59.1 Å². The van der Waals surface area contributed by atoms with E-state index in [1.165, 1.54) is 19.1 Å². The molecule has 19 heavy (non-hydrogen) atoms. The quantitative estimate of drug-likeness (QED) is 0.674. The minimum atomic E-state index is -0.385. The van der Waals surface area contributed by atoms with Crippen LogP contribution in [-0.4, -0.2) is 67.0 Å². The minimum absolute atomic E-state index is 0.380. The molecular weight excluding hydrogens is 268 g/mol. The maximum absolute atomic E-state index is 11.6. The number of nitrogens with zero attached hydrogens (tertiary/aromatic N) is 2. The van der Waals surface area contributed by atoms with Gasteiger partial charge in [0.05, 0.1) is 20.1 Å². The fourth-order valence-electron chi connectivity index (χ4n) is 1.33. The highest BCUT2D eigenvalue weighted by Gasteiger charge is 2.18. The van der Waals surface area contributed by atoms with Crippen LogP contribution in [0.15, 0.2) is 0 Å². The number of ether oxygens (including phenoxy) is 2. The zero-order valence-electron chi connectivity index (χ0n) is 12.3. The lowest BCUT2D eigenvalue weighted by Gasteiger charge is -2.25. The number of hydrogen-bond acceptors (Lipinski definition) is 5. The van der Waals surface area contributed by atoms with E-state index in [1.54, 1.807) is 16.7 Å². The van der Waals surface area contributed by atoms with Crippen LogP contribution in [0.1, 0.15) is 20.8 Å². The summed E-state index contributed by atoms with van der Waals surface area (Å²) in [6, 6.07) is 0. The third-order valence-corrected chi connectivity index (χ3v) is 3.58. The van der Waals surface area contributed by atoms with E-state index in [4.69, 9.17) is 4.74 Å². The van der Waals surface area contributed by atoms with Crippen molar-refractivity contribution in [3.63, 3.8) is 0 Å². The predicted octanol–water partition coefficient (Wildman–Crippen LogP) is 2.24. The van der Waals surface area contributed by atoms with Gasteiger partial charge in [-0.05, 0) is 6.92 Å². The second-order valence-electron chi connectivity index (χ2n) is 4.13. The Labute approximate surface area is 119 Å². The molecule has 0 aromatic carbocycles. The van der Waals surface area contributed by atoms with E-state index >= 15 is 0 Å². The monoisotopic (exact) mass is 292 g/mol. The fourth-order valence-corrected chi connectivity index (χ4v) is 2.04. The van der Waals surface area contributed by atoms with Gasteiger partial charge in [-0.15, -0.1) is 11.8 Å². The molecule has 0 aromatic rings. The number of thioether (sulfide) groups is 1. The summed E-state index contributed by atoms with van der Waals surface area (Å²) in [5.74, 6) is 0.545. The van der Waals surface area contributed by atoms with Crippen LogP contribution in [0.25, 0.3) is 0 Å². The largest absolute Gasteiger partial charge is 0.453 e. The van der Waals surface area contributed by atoms with Gasteiger partial charge in [0.25, 0.3) is 0 Å². The number of carbonyl (C=O) groups excluding carboxylic acids is 2. The fraction of sp³-hybridized carbons (Fsp3) is 0.833. The molecule has 0 aromatic heterocycles. The van der Waals surface area contributed by atoms with Crippen molar-refractivity contribution in [1.82, 2.24) is 9.80 Å². The van der Waals surface area contributed by atoms with E-state index in [0.29, 0.717) is 30.8 Å². The maximum Gasteiger partial charge on any atom is 0.410 e. The Morgan fingerprint density at radius 1 is 1.05 bits per heavy atom. The molecule has 0 aliphatic carbocycles. The summed E-state index contributed by atoms with van der Waals surface area (Å²) in [7, 11) is 2.70. The summed E-state index contributed by atoms with van der Waals surface area (Å²) in [5, 5.41) is 0.426. The highest BCUT2D eigenvalue weighted by molar-refractivity contribution is 7.99. The number of methoxy groups -OCH3 is 2. The molecule has 0 atom stereocenters. The molecule has 0 saturated heterocycles. The lowest BCUT2D eigenvalue weighted by molar-refractivity contribution is 0.109. The van der Waals surface area contributed by atoms with Gasteiger partial charge in [-0.2, -0.15) is 0 Å². The van der Waals surface area contributed by atoms with Crippen molar-refractivity contribution >= 4 is 23.9 Å². The van der Waals surface area contributed by atoms with Gasteiger partial charge in [0.1, 0.15) is 0 Å². The van der Waals surface area contributed by atoms with Crippen LogP contribution in [0.5, 0.6) is 0 Å². The Bertz CT molecular complexity index is 287. The molecule has 0 rings (SSSR count). The Balaban J connectivity index is 4.38. The first-order valence-corrected chi connectivity index (χ1v) is 7.28. The van der Waals surface area contributed by atoms with Gasteiger partial charge < -0.3 is 14.4 Å². The highest BCUT2D eigenvalue weighted by Crippen LogP contribution is 2.12. The van der Waals surface area contributed by atoms with E-state index in [1.807, 2.05) is 6.92 Å². The molecule has 0 fully saturated rings. The molecule has 0 unspecified atom stereocenters. The van der Waals surface area contributed by atoms with Crippen LogP contribution in [-0.2, 0) is 9.47 Å². The van der Waals surface area contributed by atoms with E-state index in [-0.39, 0.29) is 12.2 Å². The van der Waals surface area contributed by atoms with Crippen LogP contribution in [0, 0.1) is 0 Å². The zero-order chi connectivity index (χ0) is 14.8. The summed E-state index contributed by atoms with van der Waals surface area (Å²) in [4.78, 5) is 26.2. The van der Waals surface area contributed by atoms with Crippen molar-refractivity contribution in [2.75, 3.05) is 39.7 Å². The first-order valence-electron chi connectivity index (χ1n) is 6.23. The minimum Gasteiger partial charge on any atom is -0.453 e. The third kappa shape index (κ3) is 7.15. The van der Waals surface area contributed by atoms with E-state index in [0.717, 1.165) is 0 Å². The number of amides is 2. The van der Waals surface area contributed by atoms with Crippen molar-refractivity contribution in [2.24, 2.45) is 0 Å². The van der Waals surface area contributed by atoms with Gasteiger partial charge in [0.2, 0.25) is 0 Å². The molecule has 0 spiro atoms. The molecule has 6 nitrogen and oxygen atoms in total. The molecule has 7 heteroatoms. The molecule has 0 aliphatic heterocycles. The van der Waals surface area contributed by atoms with Crippen LogP contribution >= 0.6 is 11.8 Å². The molecule has 0 heterocycles. The molecule has 0 aliphatic rings. The smallest absolute Gasteiger partial charge is 0.410 e. The van der Waals surface area contributed by atoms with Crippen molar-refractivity contribution in [2.45, 2.75) is 26.0 Å². The molecule has 0 saturated carbocycles. The van der Waals surface area contributed by atoms with Crippen molar-refractivity contribution in [1.29, 1.82) is 0 Å². The van der Waals surface area contributed by atoms with Crippen LogP contribution in [0.4, 0.5) is 9.59 Å². The van der Waals surface area contributed by atoms with Crippen molar-refractivity contribution in [3.05, 3.63) is 0 Å². The Morgan fingerprint density at radius 3 is 1.95 bits per heavy atom. The second kappa shape index (κ2) is 9.77. The van der Waals surface area contributed by atoms with Crippen LogP contribution in [0.2, 0.25) is 0 Å². The summed E-state index contributed by atoms with van der Waals surface area (Å²) in [6.07, 6.45) is -0.766. The highest BCUT2D eigenvalue weighted by atomic mass is 32.2. The van der Waals surface area contributed by atoms with Gasteiger partial charge in [-0.3, -0.25) is 4.90 Å². The van der Waals surface area contributed by atoms with Gasteiger partial charge in [-0.1, -0.05) is 13.8 Å². The number of carbonyl (C=O) groups is 2. The first-order chi connectivity index (χ1) is 8.96. The number of rotatable bonds is 7. The molecular formula is C12H24N2O4S. The van der Waals surface area contributed by atoms with E-state index in [9.17, 15) is 9.59 Å². The molecule has 0 radical (unpaired) electrons. The molecule has 0 bridgehead atoms. The number of hydrogen-bond donors (Lipinski definition) is 0. The van der Waals surface area contributed by atoms with Gasteiger partial charge in [0.15, 0.2) is 0 Å². The standard InChI is InChI=1S/C12H24N2O4S/c1-6-13(11(15)17-4)7-8-14(12(16)18-5)9-19-10(2)3/h10H,6-9H2,1-5H3. The van der Waals surface area contributed by atoms with E-state index in [2.05, 4.69) is 18.6 Å². The summed E-state index contributed by atoms with van der Waals surface area (Å²) < 4.78 is 9.40. The van der Waals surface area contributed by atoms with Gasteiger partial charge in [-0.25, -0.2) is 9.59 Å². The van der Waals surface area contributed by atoms with Crippen molar-refractivity contribution < 1.29 is 19.1 Å².